The van der Waals surface area contributed by atoms with Gasteiger partial charge in [0.1, 0.15) is 0 Å². The third-order valence-electron chi connectivity index (χ3n) is 5.60. The van der Waals surface area contributed by atoms with Crippen molar-refractivity contribution in [1.82, 2.24) is 25.2 Å². The van der Waals surface area contributed by atoms with Crippen molar-refractivity contribution < 1.29 is 9.53 Å². The molecule has 27 heavy (non-hydrogen) atoms. The second-order valence-electron chi connectivity index (χ2n) is 7.48. The lowest BCUT2D eigenvalue weighted by atomic mass is 10.0. The molecule has 2 atom stereocenters. The molecule has 0 saturated carbocycles. The van der Waals surface area contributed by atoms with E-state index in [4.69, 9.17) is 4.74 Å². The number of carbonyl (C=O) groups is 1. The highest BCUT2D eigenvalue weighted by Crippen LogP contribution is 2.29. The summed E-state index contributed by atoms with van der Waals surface area (Å²) in [6.45, 7) is 6.96. The predicted octanol–water partition coefficient (Wildman–Crippen LogP) is 2.11. The van der Waals surface area contributed by atoms with Gasteiger partial charge in [-0.25, -0.2) is 4.68 Å². The Bertz CT molecular complexity index is 785. The molecule has 0 radical (unpaired) electrons. The van der Waals surface area contributed by atoms with Gasteiger partial charge in [-0.3, -0.25) is 4.79 Å². The van der Waals surface area contributed by atoms with E-state index >= 15 is 0 Å². The number of ether oxygens (including phenoxy) is 1. The number of hydrogen-bond donors (Lipinski definition) is 1. The number of carbonyl (C=O) groups excluding carboxylic acids is 1. The van der Waals surface area contributed by atoms with Gasteiger partial charge in [-0.05, 0) is 45.3 Å². The molecule has 1 amide bonds. The van der Waals surface area contributed by atoms with E-state index in [1.807, 2.05) is 53.8 Å². The molecule has 2 aromatic rings. The van der Waals surface area contributed by atoms with Crippen LogP contribution in [0.2, 0.25) is 0 Å². The molecule has 0 unspecified atom stereocenters. The molecule has 3 heterocycles. The molecule has 0 aliphatic carbocycles. The van der Waals surface area contributed by atoms with E-state index in [-0.39, 0.29) is 18.1 Å². The highest BCUT2D eigenvalue weighted by molar-refractivity contribution is 5.93. The maximum absolute atomic E-state index is 13.4. The summed E-state index contributed by atoms with van der Waals surface area (Å²) >= 11 is 0. The maximum Gasteiger partial charge on any atom is 0.277 e. The zero-order valence-electron chi connectivity index (χ0n) is 16.0. The van der Waals surface area contributed by atoms with E-state index in [2.05, 4.69) is 15.6 Å². The van der Waals surface area contributed by atoms with Crippen molar-refractivity contribution in [3.8, 4) is 0 Å². The number of hydrogen-bond acceptors (Lipinski definition) is 5. The quantitative estimate of drug-likeness (QED) is 0.897. The Morgan fingerprint density at radius 3 is 2.70 bits per heavy atom. The van der Waals surface area contributed by atoms with Gasteiger partial charge in [-0.1, -0.05) is 35.5 Å². The lowest BCUT2D eigenvalue weighted by Gasteiger charge is -2.38. The largest absolute Gasteiger partial charge is 0.374 e. The first-order valence-corrected chi connectivity index (χ1v) is 9.75. The zero-order chi connectivity index (χ0) is 18.8. The number of nitrogens with zero attached hydrogens (tertiary/aromatic N) is 4. The maximum atomic E-state index is 13.4. The fraction of sp³-hybridized carbons (Fsp3) is 0.550. The summed E-state index contributed by atoms with van der Waals surface area (Å²) in [5, 5.41) is 12.0. The second-order valence-corrected chi connectivity index (χ2v) is 7.48. The van der Waals surface area contributed by atoms with Crippen molar-refractivity contribution in [2.45, 2.75) is 44.9 Å². The molecule has 4 rings (SSSR count). The van der Waals surface area contributed by atoms with Gasteiger partial charge in [0.2, 0.25) is 0 Å². The number of rotatable bonds is 3. The standard InChI is InChI=1S/C20H27N5O2/c1-14-12-24(18(13-27-14)16-6-4-3-5-7-16)20(26)19-15(2)25(23-22-19)17-8-10-21-11-9-17/h3-7,14,17-18,21H,8-13H2,1-2H3/t14-,18-/m1/s1. The van der Waals surface area contributed by atoms with Crippen LogP contribution in [0.4, 0.5) is 0 Å². The van der Waals surface area contributed by atoms with E-state index in [1.54, 1.807) is 0 Å². The summed E-state index contributed by atoms with van der Waals surface area (Å²) in [7, 11) is 0. The Hall–Kier alpha value is -2.25. The minimum absolute atomic E-state index is 0.00804. The molecule has 2 aliphatic heterocycles. The summed E-state index contributed by atoms with van der Waals surface area (Å²) < 4.78 is 7.79. The first-order chi connectivity index (χ1) is 13.1. The second kappa shape index (κ2) is 7.78. The van der Waals surface area contributed by atoms with Crippen LogP contribution >= 0.6 is 0 Å². The third-order valence-corrected chi connectivity index (χ3v) is 5.60. The van der Waals surface area contributed by atoms with Crippen molar-refractivity contribution in [2.75, 3.05) is 26.2 Å². The number of piperidine rings is 1. The van der Waals surface area contributed by atoms with Gasteiger partial charge < -0.3 is 15.0 Å². The first-order valence-electron chi connectivity index (χ1n) is 9.75. The fourth-order valence-electron chi connectivity index (χ4n) is 4.05. The molecule has 7 heteroatoms. The molecule has 0 spiro atoms. The average molecular weight is 369 g/mol. The van der Waals surface area contributed by atoms with Crippen LogP contribution < -0.4 is 5.32 Å². The van der Waals surface area contributed by atoms with Crippen LogP contribution in [0.5, 0.6) is 0 Å². The minimum Gasteiger partial charge on any atom is -0.374 e. The molecule has 2 saturated heterocycles. The Balaban J connectivity index is 1.61. The van der Waals surface area contributed by atoms with Gasteiger partial charge in [0.15, 0.2) is 5.69 Å². The monoisotopic (exact) mass is 369 g/mol. The normalized spacial score (nSPS) is 24.1. The molecule has 144 valence electrons. The predicted molar refractivity (Wildman–Crippen MR) is 102 cm³/mol. The van der Waals surface area contributed by atoms with Gasteiger partial charge in [0.25, 0.3) is 5.91 Å². The lowest BCUT2D eigenvalue weighted by molar-refractivity contribution is -0.0449. The van der Waals surface area contributed by atoms with Crippen molar-refractivity contribution in [1.29, 1.82) is 0 Å². The van der Waals surface area contributed by atoms with E-state index in [0.29, 0.717) is 24.9 Å². The van der Waals surface area contributed by atoms with Gasteiger partial charge in [0, 0.05) is 6.54 Å². The van der Waals surface area contributed by atoms with Crippen LogP contribution in [0.3, 0.4) is 0 Å². The Morgan fingerprint density at radius 1 is 1.22 bits per heavy atom. The molecule has 2 fully saturated rings. The number of amides is 1. The molecule has 1 aromatic heterocycles. The van der Waals surface area contributed by atoms with Gasteiger partial charge in [-0.2, -0.15) is 0 Å². The third kappa shape index (κ3) is 3.61. The van der Waals surface area contributed by atoms with Gasteiger partial charge in [0.05, 0.1) is 30.5 Å². The van der Waals surface area contributed by atoms with Crippen LogP contribution in [0.1, 0.15) is 53.6 Å². The number of nitrogens with one attached hydrogen (secondary N) is 1. The molecular formula is C20H27N5O2. The highest BCUT2D eigenvalue weighted by Gasteiger charge is 2.35. The lowest BCUT2D eigenvalue weighted by Crippen LogP contribution is -2.47. The summed E-state index contributed by atoms with van der Waals surface area (Å²) in [6.07, 6.45) is 2.03. The van der Waals surface area contributed by atoms with Gasteiger partial charge in [-0.15, -0.1) is 5.10 Å². The first kappa shape index (κ1) is 18.1. The topological polar surface area (TPSA) is 72.3 Å². The van der Waals surface area contributed by atoms with Crippen molar-refractivity contribution >= 4 is 5.91 Å². The Kier molecular flexibility index (Phi) is 5.22. The Morgan fingerprint density at radius 2 is 1.96 bits per heavy atom. The summed E-state index contributed by atoms with van der Waals surface area (Å²) in [5.74, 6) is -0.0586. The minimum atomic E-state index is -0.0988. The van der Waals surface area contributed by atoms with E-state index in [1.165, 1.54) is 0 Å². The highest BCUT2D eigenvalue weighted by atomic mass is 16.5. The average Bonchev–Trinajstić information content (AvgIpc) is 3.10. The van der Waals surface area contributed by atoms with E-state index < -0.39 is 0 Å². The van der Waals surface area contributed by atoms with Crippen molar-refractivity contribution in [3.05, 3.63) is 47.3 Å². The van der Waals surface area contributed by atoms with Crippen molar-refractivity contribution in [3.63, 3.8) is 0 Å². The summed E-state index contributed by atoms with van der Waals surface area (Å²) in [6, 6.07) is 10.3. The molecular weight excluding hydrogens is 342 g/mol. The van der Waals surface area contributed by atoms with Crippen LogP contribution in [-0.4, -0.2) is 58.1 Å². The van der Waals surface area contributed by atoms with Crippen LogP contribution in [0.15, 0.2) is 30.3 Å². The SMILES string of the molecule is Cc1c(C(=O)N2C[C@@H](C)OC[C@@H]2c2ccccc2)nnn1C1CCNCC1. The Labute approximate surface area is 159 Å². The van der Waals surface area contributed by atoms with Gasteiger partial charge >= 0.3 is 0 Å². The molecule has 7 nitrogen and oxygen atoms in total. The molecule has 0 bridgehead atoms. The van der Waals surface area contributed by atoms with Crippen LogP contribution in [0.25, 0.3) is 0 Å². The number of aromatic nitrogens is 3. The molecule has 2 aliphatic rings. The summed E-state index contributed by atoms with van der Waals surface area (Å²) in [4.78, 5) is 15.3. The zero-order valence-corrected chi connectivity index (χ0v) is 16.0. The molecule has 1 aromatic carbocycles. The smallest absolute Gasteiger partial charge is 0.277 e. The van der Waals surface area contributed by atoms with Crippen molar-refractivity contribution in [2.24, 2.45) is 0 Å². The number of benzene rings is 1. The van der Waals surface area contributed by atoms with Crippen LogP contribution in [0, 0.1) is 6.92 Å². The number of morpholine rings is 1. The summed E-state index contributed by atoms with van der Waals surface area (Å²) in [5.41, 5.74) is 2.41. The van der Waals surface area contributed by atoms with Crippen LogP contribution in [-0.2, 0) is 4.74 Å². The molecule has 1 N–H and O–H groups in total. The van der Waals surface area contributed by atoms with E-state index in [0.717, 1.165) is 37.2 Å². The fourth-order valence-corrected chi connectivity index (χ4v) is 4.05. The van der Waals surface area contributed by atoms with E-state index in [9.17, 15) is 4.79 Å².